The van der Waals surface area contributed by atoms with Gasteiger partial charge in [-0.2, -0.15) is 0 Å². The van der Waals surface area contributed by atoms with Crippen LogP contribution in [0, 0.1) is 18.3 Å². The van der Waals surface area contributed by atoms with Crippen molar-refractivity contribution in [3.63, 3.8) is 0 Å². The molecule has 0 aliphatic heterocycles. The Bertz CT molecular complexity index is 582. The van der Waals surface area contributed by atoms with Gasteiger partial charge in [0.2, 0.25) is 0 Å². The van der Waals surface area contributed by atoms with Crippen LogP contribution < -0.4 is 5.32 Å². The van der Waals surface area contributed by atoms with Crippen LogP contribution >= 0.6 is 0 Å². The Morgan fingerprint density at radius 1 is 1.39 bits per heavy atom. The molecular weight excluding hydrogens is 222 g/mol. The lowest BCUT2D eigenvalue weighted by atomic mass is 10.0. The number of para-hydroxylation sites is 1. The first-order chi connectivity index (χ1) is 8.53. The molecule has 3 rings (SSSR count). The highest BCUT2D eigenvalue weighted by Gasteiger charge is 2.51. The molecule has 1 aromatic heterocycles. The molecule has 2 aromatic rings. The van der Waals surface area contributed by atoms with Crippen molar-refractivity contribution < 1.29 is 4.42 Å². The first-order valence-corrected chi connectivity index (χ1v) is 6.69. The molecule has 0 bridgehead atoms. The zero-order valence-electron chi connectivity index (χ0n) is 11.6. The van der Waals surface area contributed by atoms with Crippen LogP contribution in [0.2, 0.25) is 0 Å². The Hall–Kier alpha value is -1.28. The van der Waals surface area contributed by atoms with Crippen LogP contribution in [0.1, 0.15) is 37.6 Å². The molecule has 1 heterocycles. The van der Waals surface area contributed by atoms with Gasteiger partial charge in [-0.25, -0.2) is 0 Å². The minimum absolute atomic E-state index is 0.340. The molecule has 0 radical (unpaired) electrons. The topological polar surface area (TPSA) is 25.2 Å². The quantitative estimate of drug-likeness (QED) is 0.879. The van der Waals surface area contributed by atoms with Gasteiger partial charge in [-0.3, -0.25) is 0 Å². The summed E-state index contributed by atoms with van der Waals surface area (Å²) in [4.78, 5) is 0. The van der Waals surface area contributed by atoms with Crippen LogP contribution in [-0.2, 0) is 0 Å². The largest absolute Gasteiger partial charge is 0.459 e. The summed E-state index contributed by atoms with van der Waals surface area (Å²) in [5.74, 6) is 1.76. The van der Waals surface area contributed by atoms with E-state index in [1.165, 1.54) is 17.4 Å². The molecule has 1 aromatic carbocycles. The highest BCUT2D eigenvalue weighted by molar-refractivity contribution is 5.81. The highest BCUT2D eigenvalue weighted by Crippen LogP contribution is 2.57. The van der Waals surface area contributed by atoms with Gasteiger partial charge in [-0.05, 0) is 43.4 Å². The molecule has 2 unspecified atom stereocenters. The van der Waals surface area contributed by atoms with Crippen LogP contribution in [0.25, 0.3) is 11.0 Å². The Balaban J connectivity index is 2.01. The van der Waals surface area contributed by atoms with Crippen LogP contribution in [0.3, 0.4) is 0 Å². The second-order valence-corrected chi connectivity index (χ2v) is 6.21. The van der Waals surface area contributed by atoms with E-state index in [1.54, 1.807) is 0 Å². The number of rotatable bonds is 3. The van der Waals surface area contributed by atoms with E-state index >= 15 is 0 Å². The van der Waals surface area contributed by atoms with Crippen molar-refractivity contribution in [2.75, 3.05) is 7.05 Å². The van der Waals surface area contributed by atoms with Crippen LogP contribution in [0.4, 0.5) is 0 Å². The molecule has 0 saturated heterocycles. The molecule has 0 spiro atoms. The number of nitrogens with one attached hydrogen (secondary N) is 1. The molecular formula is C16H21NO. The predicted molar refractivity (Wildman–Crippen MR) is 74.6 cm³/mol. The average Bonchev–Trinajstić information content (AvgIpc) is 2.76. The maximum absolute atomic E-state index is 6.08. The molecule has 1 N–H and O–H groups in total. The zero-order valence-corrected chi connectivity index (χ0v) is 11.6. The third kappa shape index (κ3) is 1.76. The van der Waals surface area contributed by atoms with Crippen molar-refractivity contribution in [1.29, 1.82) is 0 Å². The number of hydrogen-bond acceptors (Lipinski definition) is 2. The standard InChI is InChI=1S/C16H21NO/c1-10-6-5-7-11-8-13(18-15(10)11)14(17-4)12-9-16(12,2)3/h5-8,12,14,17H,9H2,1-4H3. The number of hydrogen-bond donors (Lipinski definition) is 1. The van der Waals surface area contributed by atoms with E-state index in [0.29, 0.717) is 17.4 Å². The summed E-state index contributed by atoms with van der Waals surface area (Å²) in [5, 5.41) is 4.63. The lowest BCUT2D eigenvalue weighted by Crippen LogP contribution is -2.19. The van der Waals surface area contributed by atoms with Crippen LogP contribution in [-0.4, -0.2) is 7.05 Å². The maximum Gasteiger partial charge on any atom is 0.137 e. The van der Waals surface area contributed by atoms with Gasteiger partial charge in [0.1, 0.15) is 11.3 Å². The fourth-order valence-electron chi connectivity index (χ4n) is 3.00. The fourth-order valence-corrected chi connectivity index (χ4v) is 3.00. The maximum atomic E-state index is 6.08. The van der Waals surface area contributed by atoms with Crippen LogP contribution in [0.5, 0.6) is 0 Å². The van der Waals surface area contributed by atoms with Gasteiger partial charge >= 0.3 is 0 Å². The molecule has 18 heavy (non-hydrogen) atoms. The number of furan rings is 1. The molecule has 2 heteroatoms. The van der Waals surface area contributed by atoms with E-state index in [0.717, 1.165) is 11.3 Å². The predicted octanol–water partition coefficient (Wildman–Crippen LogP) is 4.05. The van der Waals surface area contributed by atoms with Crippen molar-refractivity contribution in [2.45, 2.75) is 33.2 Å². The van der Waals surface area contributed by atoms with Gasteiger partial charge in [0.25, 0.3) is 0 Å². The average molecular weight is 243 g/mol. The van der Waals surface area contributed by atoms with Gasteiger partial charge in [0.15, 0.2) is 0 Å². The van der Waals surface area contributed by atoms with Gasteiger partial charge < -0.3 is 9.73 Å². The van der Waals surface area contributed by atoms with Gasteiger partial charge in [0, 0.05) is 5.39 Å². The summed E-state index contributed by atoms with van der Waals surface area (Å²) in [5.41, 5.74) is 2.69. The summed E-state index contributed by atoms with van der Waals surface area (Å²) < 4.78 is 6.08. The van der Waals surface area contributed by atoms with Crippen molar-refractivity contribution in [1.82, 2.24) is 5.32 Å². The minimum atomic E-state index is 0.340. The van der Waals surface area contributed by atoms with Crippen molar-refractivity contribution in [2.24, 2.45) is 11.3 Å². The highest BCUT2D eigenvalue weighted by atomic mass is 16.3. The summed E-state index contributed by atoms with van der Waals surface area (Å²) in [6.07, 6.45) is 1.27. The normalized spacial score (nSPS) is 23.2. The first-order valence-electron chi connectivity index (χ1n) is 6.69. The lowest BCUT2D eigenvalue weighted by molar-refractivity contribution is 0.377. The molecule has 1 fully saturated rings. The molecule has 96 valence electrons. The number of aryl methyl sites for hydroxylation is 1. The Morgan fingerprint density at radius 2 is 2.11 bits per heavy atom. The van der Waals surface area contributed by atoms with E-state index in [4.69, 9.17) is 4.42 Å². The summed E-state index contributed by atoms with van der Waals surface area (Å²) in [6.45, 7) is 6.76. The van der Waals surface area contributed by atoms with Crippen molar-refractivity contribution >= 4 is 11.0 Å². The Morgan fingerprint density at radius 3 is 2.67 bits per heavy atom. The van der Waals surface area contributed by atoms with E-state index in [1.807, 2.05) is 7.05 Å². The number of benzene rings is 1. The first kappa shape index (κ1) is 11.8. The molecule has 1 aliphatic carbocycles. The summed E-state index contributed by atoms with van der Waals surface area (Å²) in [6, 6.07) is 8.85. The molecule has 0 amide bonds. The smallest absolute Gasteiger partial charge is 0.137 e. The van der Waals surface area contributed by atoms with E-state index in [-0.39, 0.29) is 0 Å². The van der Waals surface area contributed by atoms with Crippen molar-refractivity contribution in [3.8, 4) is 0 Å². The number of fused-ring (bicyclic) bond motifs is 1. The van der Waals surface area contributed by atoms with E-state index < -0.39 is 0 Å². The zero-order chi connectivity index (χ0) is 12.9. The van der Waals surface area contributed by atoms with E-state index in [2.05, 4.69) is 50.4 Å². The third-order valence-electron chi connectivity index (χ3n) is 4.37. The van der Waals surface area contributed by atoms with Gasteiger partial charge in [0.05, 0.1) is 6.04 Å². The third-order valence-corrected chi connectivity index (χ3v) is 4.37. The molecule has 1 aliphatic rings. The Kier molecular flexibility index (Phi) is 2.53. The van der Waals surface area contributed by atoms with Gasteiger partial charge in [-0.15, -0.1) is 0 Å². The summed E-state index contributed by atoms with van der Waals surface area (Å²) in [7, 11) is 2.03. The lowest BCUT2D eigenvalue weighted by Gasteiger charge is -2.15. The summed E-state index contributed by atoms with van der Waals surface area (Å²) >= 11 is 0. The van der Waals surface area contributed by atoms with Gasteiger partial charge in [-0.1, -0.05) is 32.0 Å². The van der Waals surface area contributed by atoms with Crippen molar-refractivity contribution in [3.05, 3.63) is 35.6 Å². The Labute approximate surface area is 108 Å². The minimum Gasteiger partial charge on any atom is -0.459 e. The van der Waals surface area contributed by atoms with Crippen LogP contribution in [0.15, 0.2) is 28.7 Å². The van der Waals surface area contributed by atoms with E-state index in [9.17, 15) is 0 Å². The molecule has 2 nitrogen and oxygen atoms in total. The SMILES string of the molecule is CNC(c1cc2cccc(C)c2o1)C1CC1(C)C. The molecule has 1 saturated carbocycles. The monoisotopic (exact) mass is 243 g/mol. The fraction of sp³-hybridized carbons (Fsp3) is 0.500. The second-order valence-electron chi connectivity index (χ2n) is 6.21. The second kappa shape index (κ2) is 3.86. The molecule has 2 atom stereocenters.